The van der Waals surface area contributed by atoms with Crippen LogP contribution in [0.5, 0.6) is 0 Å². The SMILES string of the molecule is NCCc1c(-c2ccc3c(c2)CCCC3)nc2ccc([N+](=O)[O-])cn12. The monoisotopic (exact) mass is 336 g/mol. The second-order valence-corrected chi connectivity index (χ2v) is 6.51. The normalized spacial score (nSPS) is 13.8. The van der Waals surface area contributed by atoms with Crippen molar-refractivity contribution in [3.63, 3.8) is 0 Å². The molecule has 2 N–H and O–H groups in total. The molecule has 1 aliphatic rings. The van der Waals surface area contributed by atoms with E-state index < -0.39 is 0 Å². The summed E-state index contributed by atoms with van der Waals surface area (Å²) in [5, 5.41) is 11.1. The Kier molecular flexibility index (Phi) is 3.97. The first-order chi connectivity index (χ1) is 12.2. The molecule has 4 rings (SSSR count). The number of hydrogen-bond donors (Lipinski definition) is 1. The van der Waals surface area contributed by atoms with Crippen molar-refractivity contribution in [3.8, 4) is 11.3 Å². The number of nitro groups is 1. The third-order valence-electron chi connectivity index (χ3n) is 4.92. The zero-order chi connectivity index (χ0) is 17.4. The molecule has 0 spiro atoms. The molecule has 128 valence electrons. The average Bonchev–Trinajstić information content (AvgIpc) is 2.99. The van der Waals surface area contributed by atoms with Crippen molar-refractivity contribution in [2.45, 2.75) is 32.1 Å². The molecule has 0 amide bonds. The maximum Gasteiger partial charge on any atom is 0.286 e. The second-order valence-electron chi connectivity index (χ2n) is 6.51. The zero-order valence-electron chi connectivity index (χ0n) is 13.9. The summed E-state index contributed by atoms with van der Waals surface area (Å²) in [5.74, 6) is 0. The summed E-state index contributed by atoms with van der Waals surface area (Å²) in [5.41, 5.74) is 12.2. The van der Waals surface area contributed by atoms with Gasteiger partial charge in [-0.15, -0.1) is 0 Å². The molecule has 0 bridgehead atoms. The molecule has 0 saturated heterocycles. The lowest BCUT2D eigenvalue weighted by Gasteiger charge is -2.16. The minimum Gasteiger partial charge on any atom is -0.330 e. The van der Waals surface area contributed by atoms with Gasteiger partial charge in [-0.25, -0.2) is 4.98 Å². The Morgan fingerprint density at radius 2 is 1.96 bits per heavy atom. The quantitative estimate of drug-likeness (QED) is 0.585. The van der Waals surface area contributed by atoms with E-state index in [2.05, 4.69) is 18.2 Å². The van der Waals surface area contributed by atoms with E-state index in [0.717, 1.165) is 29.8 Å². The van der Waals surface area contributed by atoms with Gasteiger partial charge < -0.3 is 5.73 Å². The van der Waals surface area contributed by atoms with Crippen LogP contribution in [0.15, 0.2) is 36.5 Å². The fourth-order valence-electron chi connectivity index (χ4n) is 3.68. The van der Waals surface area contributed by atoms with Crippen LogP contribution in [-0.2, 0) is 19.3 Å². The van der Waals surface area contributed by atoms with Crippen LogP contribution in [0, 0.1) is 10.1 Å². The van der Waals surface area contributed by atoms with Crippen LogP contribution in [0.25, 0.3) is 16.9 Å². The van der Waals surface area contributed by atoms with Crippen LogP contribution in [0.2, 0.25) is 0 Å². The molecule has 0 radical (unpaired) electrons. The largest absolute Gasteiger partial charge is 0.330 e. The molecule has 2 heterocycles. The lowest BCUT2D eigenvalue weighted by atomic mass is 9.89. The van der Waals surface area contributed by atoms with Crippen molar-refractivity contribution in [1.29, 1.82) is 0 Å². The summed E-state index contributed by atoms with van der Waals surface area (Å²) in [4.78, 5) is 15.4. The Morgan fingerprint density at radius 3 is 2.72 bits per heavy atom. The molecule has 3 aromatic rings. The van der Waals surface area contributed by atoms with E-state index in [-0.39, 0.29) is 10.6 Å². The van der Waals surface area contributed by atoms with Crippen molar-refractivity contribution in [2.75, 3.05) is 6.54 Å². The first kappa shape index (κ1) is 15.8. The molecule has 0 fully saturated rings. The third kappa shape index (κ3) is 2.78. The average molecular weight is 336 g/mol. The van der Waals surface area contributed by atoms with E-state index in [1.165, 1.54) is 36.2 Å². The predicted molar refractivity (Wildman–Crippen MR) is 96.7 cm³/mol. The fraction of sp³-hybridized carbons (Fsp3) is 0.316. The van der Waals surface area contributed by atoms with E-state index >= 15 is 0 Å². The number of aromatic nitrogens is 2. The van der Waals surface area contributed by atoms with Gasteiger partial charge >= 0.3 is 0 Å². The summed E-state index contributed by atoms with van der Waals surface area (Å²) in [6.07, 6.45) is 6.88. The fourth-order valence-corrected chi connectivity index (χ4v) is 3.68. The van der Waals surface area contributed by atoms with Gasteiger partial charge in [-0.05, 0) is 55.5 Å². The van der Waals surface area contributed by atoms with Gasteiger partial charge in [0.1, 0.15) is 5.65 Å². The minimum absolute atomic E-state index is 0.0557. The molecule has 0 saturated carbocycles. The Bertz CT molecular complexity index is 961. The number of hydrogen-bond acceptors (Lipinski definition) is 4. The lowest BCUT2D eigenvalue weighted by molar-refractivity contribution is -0.385. The number of pyridine rings is 1. The smallest absolute Gasteiger partial charge is 0.286 e. The molecular weight excluding hydrogens is 316 g/mol. The van der Waals surface area contributed by atoms with Crippen LogP contribution in [0.1, 0.15) is 29.7 Å². The van der Waals surface area contributed by atoms with Crippen molar-refractivity contribution in [3.05, 3.63) is 63.5 Å². The van der Waals surface area contributed by atoms with Gasteiger partial charge in [-0.1, -0.05) is 12.1 Å². The molecular formula is C19H20N4O2. The van der Waals surface area contributed by atoms with Crippen molar-refractivity contribution >= 4 is 11.3 Å². The number of nitrogens with two attached hydrogens (primary N) is 1. The number of rotatable bonds is 4. The molecule has 6 heteroatoms. The summed E-state index contributed by atoms with van der Waals surface area (Å²) in [7, 11) is 0. The van der Waals surface area contributed by atoms with E-state index in [9.17, 15) is 10.1 Å². The highest BCUT2D eigenvalue weighted by atomic mass is 16.6. The lowest BCUT2D eigenvalue weighted by Crippen LogP contribution is -2.07. The van der Waals surface area contributed by atoms with Gasteiger partial charge in [0.05, 0.1) is 22.5 Å². The van der Waals surface area contributed by atoms with Crippen molar-refractivity contribution < 1.29 is 4.92 Å². The second kappa shape index (κ2) is 6.29. The van der Waals surface area contributed by atoms with Crippen molar-refractivity contribution in [2.24, 2.45) is 5.73 Å². The first-order valence-corrected chi connectivity index (χ1v) is 8.65. The molecule has 0 unspecified atom stereocenters. The Labute approximate surface area is 145 Å². The molecule has 1 aromatic carbocycles. The summed E-state index contributed by atoms with van der Waals surface area (Å²) < 4.78 is 1.81. The third-order valence-corrected chi connectivity index (χ3v) is 4.92. The molecule has 2 aromatic heterocycles. The molecule has 0 atom stereocenters. The maximum absolute atomic E-state index is 11.1. The number of benzene rings is 1. The minimum atomic E-state index is -0.385. The molecule has 0 aliphatic heterocycles. The van der Waals surface area contributed by atoms with Gasteiger partial charge in [0.25, 0.3) is 5.69 Å². The summed E-state index contributed by atoms with van der Waals surface area (Å²) in [6.45, 7) is 0.467. The number of aryl methyl sites for hydroxylation is 2. The highest BCUT2D eigenvalue weighted by molar-refractivity contribution is 5.68. The van der Waals surface area contributed by atoms with Gasteiger partial charge in [0.2, 0.25) is 0 Å². The van der Waals surface area contributed by atoms with Crippen LogP contribution < -0.4 is 5.73 Å². The Balaban J connectivity index is 1.88. The maximum atomic E-state index is 11.1. The molecule has 1 aliphatic carbocycles. The van der Waals surface area contributed by atoms with Crippen LogP contribution in [-0.4, -0.2) is 20.9 Å². The van der Waals surface area contributed by atoms with Gasteiger partial charge in [0, 0.05) is 18.1 Å². The summed E-state index contributed by atoms with van der Waals surface area (Å²) >= 11 is 0. The van der Waals surface area contributed by atoms with Crippen LogP contribution in [0.4, 0.5) is 5.69 Å². The standard InChI is InChI=1S/C19H20N4O2/c20-10-9-17-19(15-6-5-13-3-1-2-4-14(13)11-15)21-18-8-7-16(23(24)25)12-22(17)18/h5-8,11-12H,1-4,9-10,20H2. The van der Waals surface area contributed by atoms with E-state index in [1.807, 2.05) is 0 Å². The predicted octanol–water partition coefficient (Wildman–Crippen LogP) is 3.29. The van der Waals surface area contributed by atoms with Crippen LogP contribution >= 0.6 is 0 Å². The number of nitrogens with zero attached hydrogens (tertiary/aromatic N) is 3. The Hall–Kier alpha value is -2.73. The topological polar surface area (TPSA) is 86.5 Å². The zero-order valence-corrected chi connectivity index (χ0v) is 13.9. The van der Waals surface area contributed by atoms with Crippen molar-refractivity contribution in [1.82, 2.24) is 9.38 Å². The molecule has 6 nitrogen and oxygen atoms in total. The first-order valence-electron chi connectivity index (χ1n) is 8.65. The van der Waals surface area contributed by atoms with Gasteiger partial charge in [-0.2, -0.15) is 0 Å². The summed E-state index contributed by atoms with van der Waals surface area (Å²) in [6, 6.07) is 9.72. The highest BCUT2D eigenvalue weighted by Gasteiger charge is 2.18. The van der Waals surface area contributed by atoms with Crippen LogP contribution in [0.3, 0.4) is 0 Å². The van der Waals surface area contributed by atoms with E-state index in [4.69, 9.17) is 10.7 Å². The number of fused-ring (bicyclic) bond motifs is 2. The van der Waals surface area contributed by atoms with E-state index in [1.54, 1.807) is 10.5 Å². The molecule has 25 heavy (non-hydrogen) atoms. The van der Waals surface area contributed by atoms with Gasteiger partial charge in [-0.3, -0.25) is 14.5 Å². The Morgan fingerprint density at radius 1 is 1.16 bits per heavy atom. The number of imidazole rings is 1. The van der Waals surface area contributed by atoms with E-state index in [0.29, 0.717) is 18.6 Å². The van der Waals surface area contributed by atoms with Gasteiger partial charge in [0.15, 0.2) is 0 Å². The highest BCUT2D eigenvalue weighted by Crippen LogP contribution is 2.30.